The number of aliphatic carboxylic acids is 1. The zero-order chi connectivity index (χ0) is 11.8. The number of nitrogens with one attached hydrogen (secondary N) is 1. The van der Waals surface area contributed by atoms with Crippen molar-refractivity contribution in [3.8, 4) is 0 Å². The largest absolute Gasteiger partial charge is 0.480 e. The lowest BCUT2D eigenvalue weighted by Crippen LogP contribution is -2.30. The minimum Gasteiger partial charge on any atom is -0.480 e. The van der Waals surface area contributed by atoms with Crippen LogP contribution in [0.3, 0.4) is 0 Å². The van der Waals surface area contributed by atoms with Crippen molar-refractivity contribution < 1.29 is 24.2 Å². The number of amides is 1. The van der Waals surface area contributed by atoms with E-state index in [1.807, 2.05) is 0 Å². The molecule has 1 unspecified atom stereocenters. The topological polar surface area (TPSA) is 84.9 Å². The number of carbonyl (C=O) groups is 2. The molecular weight excluding hydrogens is 214 g/mol. The third kappa shape index (κ3) is 5.67. The normalized spacial score (nSPS) is 19.6. The van der Waals surface area contributed by atoms with Crippen LogP contribution in [0.5, 0.6) is 0 Å². The highest BCUT2D eigenvalue weighted by atomic mass is 16.5. The van der Waals surface area contributed by atoms with Crippen molar-refractivity contribution in [1.82, 2.24) is 5.32 Å². The SMILES string of the molecule is O=C(O)COCCNC(=O)CC1CCCO1. The third-order valence-corrected chi connectivity index (χ3v) is 2.23. The number of carboxylic acids is 1. The van der Waals surface area contributed by atoms with E-state index < -0.39 is 5.97 Å². The van der Waals surface area contributed by atoms with E-state index in [2.05, 4.69) is 5.32 Å². The highest BCUT2D eigenvalue weighted by molar-refractivity contribution is 5.76. The molecule has 1 rings (SSSR count). The van der Waals surface area contributed by atoms with Crippen LogP contribution in [0.4, 0.5) is 0 Å². The second kappa shape index (κ2) is 7.19. The van der Waals surface area contributed by atoms with Gasteiger partial charge in [-0.3, -0.25) is 4.79 Å². The Labute approximate surface area is 93.9 Å². The van der Waals surface area contributed by atoms with Crippen LogP contribution in [0.25, 0.3) is 0 Å². The molecule has 1 atom stereocenters. The molecule has 92 valence electrons. The summed E-state index contributed by atoms with van der Waals surface area (Å²) in [5.41, 5.74) is 0. The summed E-state index contributed by atoms with van der Waals surface area (Å²) in [6.45, 7) is 0.948. The third-order valence-electron chi connectivity index (χ3n) is 2.23. The first-order valence-electron chi connectivity index (χ1n) is 5.36. The van der Waals surface area contributed by atoms with Crippen LogP contribution in [0, 0.1) is 0 Å². The standard InChI is InChI=1S/C10H17NO5/c12-9(6-8-2-1-4-16-8)11-3-5-15-7-10(13)14/h8H,1-7H2,(H,11,12)(H,13,14). The first-order valence-corrected chi connectivity index (χ1v) is 5.36. The zero-order valence-corrected chi connectivity index (χ0v) is 9.11. The maximum absolute atomic E-state index is 11.3. The van der Waals surface area contributed by atoms with Gasteiger partial charge in [0.15, 0.2) is 0 Å². The smallest absolute Gasteiger partial charge is 0.329 e. The van der Waals surface area contributed by atoms with Gasteiger partial charge in [-0.15, -0.1) is 0 Å². The van der Waals surface area contributed by atoms with Crippen molar-refractivity contribution in [3.63, 3.8) is 0 Å². The maximum atomic E-state index is 11.3. The van der Waals surface area contributed by atoms with Gasteiger partial charge in [-0.25, -0.2) is 4.79 Å². The summed E-state index contributed by atoms with van der Waals surface area (Å²) >= 11 is 0. The molecule has 0 aromatic rings. The Kier molecular flexibility index (Phi) is 5.81. The predicted molar refractivity (Wildman–Crippen MR) is 55.1 cm³/mol. The molecule has 1 aliphatic heterocycles. The summed E-state index contributed by atoms with van der Waals surface area (Å²) in [5, 5.41) is 10.9. The van der Waals surface area contributed by atoms with Gasteiger partial charge >= 0.3 is 5.97 Å². The number of carboxylic acid groups (broad SMARTS) is 1. The Hall–Kier alpha value is -1.14. The van der Waals surface area contributed by atoms with E-state index in [0.29, 0.717) is 13.0 Å². The fraction of sp³-hybridized carbons (Fsp3) is 0.800. The van der Waals surface area contributed by atoms with Crippen LogP contribution in [-0.2, 0) is 19.1 Å². The highest BCUT2D eigenvalue weighted by Crippen LogP contribution is 2.14. The molecule has 0 aliphatic carbocycles. The van der Waals surface area contributed by atoms with E-state index in [1.165, 1.54) is 0 Å². The summed E-state index contributed by atoms with van der Waals surface area (Å²) < 4.78 is 10.1. The summed E-state index contributed by atoms with van der Waals surface area (Å²) in [6.07, 6.45) is 2.36. The molecule has 1 saturated heterocycles. The zero-order valence-electron chi connectivity index (χ0n) is 9.11. The molecule has 0 aromatic heterocycles. The van der Waals surface area contributed by atoms with Crippen molar-refractivity contribution in [3.05, 3.63) is 0 Å². The Bertz CT molecular complexity index is 237. The van der Waals surface area contributed by atoms with E-state index in [1.54, 1.807) is 0 Å². The summed E-state index contributed by atoms with van der Waals surface area (Å²) in [4.78, 5) is 21.4. The van der Waals surface area contributed by atoms with Crippen LogP contribution >= 0.6 is 0 Å². The van der Waals surface area contributed by atoms with Gasteiger partial charge in [-0.05, 0) is 12.8 Å². The van der Waals surface area contributed by atoms with E-state index in [0.717, 1.165) is 19.4 Å². The molecule has 1 aliphatic rings. The Balaban J connectivity index is 1.95. The lowest BCUT2D eigenvalue weighted by molar-refractivity contribution is -0.142. The lowest BCUT2D eigenvalue weighted by Gasteiger charge is -2.09. The molecule has 0 saturated carbocycles. The van der Waals surface area contributed by atoms with Crippen molar-refractivity contribution >= 4 is 11.9 Å². The van der Waals surface area contributed by atoms with E-state index >= 15 is 0 Å². The quantitative estimate of drug-likeness (QED) is 0.591. The van der Waals surface area contributed by atoms with Crippen LogP contribution in [0.15, 0.2) is 0 Å². The molecule has 6 nitrogen and oxygen atoms in total. The first-order chi connectivity index (χ1) is 7.68. The highest BCUT2D eigenvalue weighted by Gasteiger charge is 2.18. The second-order valence-electron chi connectivity index (χ2n) is 3.64. The van der Waals surface area contributed by atoms with Gasteiger partial charge in [0, 0.05) is 13.2 Å². The number of rotatable bonds is 7. The minimum atomic E-state index is -1.01. The molecule has 0 aromatic carbocycles. The number of hydrogen-bond donors (Lipinski definition) is 2. The van der Waals surface area contributed by atoms with Gasteiger partial charge in [0.05, 0.1) is 19.1 Å². The Morgan fingerprint density at radius 2 is 2.31 bits per heavy atom. The Morgan fingerprint density at radius 1 is 1.50 bits per heavy atom. The van der Waals surface area contributed by atoms with Crippen molar-refractivity contribution in [1.29, 1.82) is 0 Å². The lowest BCUT2D eigenvalue weighted by atomic mass is 10.2. The van der Waals surface area contributed by atoms with Crippen LogP contribution < -0.4 is 5.32 Å². The molecule has 1 heterocycles. The van der Waals surface area contributed by atoms with Gasteiger partial charge < -0.3 is 19.9 Å². The molecule has 0 bridgehead atoms. The predicted octanol–water partition coefficient (Wildman–Crippen LogP) is -0.227. The maximum Gasteiger partial charge on any atom is 0.329 e. The molecule has 6 heteroatoms. The molecule has 0 radical (unpaired) electrons. The van der Waals surface area contributed by atoms with Crippen LogP contribution in [0.1, 0.15) is 19.3 Å². The van der Waals surface area contributed by atoms with Crippen LogP contribution in [-0.4, -0.2) is 49.5 Å². The summed E-state index contributed by atoms with van der Waals surface area (Å²) in [6, 6.07) is 0. The summed E-state index contributed by atoms with van der Waals surface area (Å²) in [5.74, 6) is -1.09. The number of carbonyl (C=O) groups excluding carboxylic acids is 1. The number of hydrogen-bond acceptors (Lipinski definition) is 4. The average molecular weight is 231 g/mol. The van der Waals surface area contributed by atoms with Crippen molar-refractivity contribution in [2.24, 2.45) is 0 Å². The molecule has 2 N–H and O–H groups in total. The summed E-state index contributed by atoms with van der Waals surface area (Å²) in [7, 11) is 0. The fourth-order valence-electron chi connectivity index (χ4n) is 1.51. The number of ether oxygens (including phenoxy) is 2. The van der Waals surface area contributed by atoms with E-state index in [-0.39, 0.29) is 25.2 Å². The van der Waals surface area contributed by atoms with Gasteiger partial charge in [-0.2, -0.15) is 0 Å². The molecule has 1 fully saturated rings. The van der Waals surface area contributed by atoms with Gasteiger partial charge in [-0.1, -0.05) is 0 Å². The van der Waals surface area contributed by atoms with Gasteiger partial charge in [0.2, 0.25) is 5.91 Å². The Morgan fingerprint density at radius 3 is 2.94 bits per heavy atom. The second-order valence-corrected chi connectivity index (χ2v) is 3.64. The van der Waals surface area contributed by atoms with Crippen LogP contribution in [0.2, 0.25) is 0 Å². The van der Waals surface area contributed by atoms with Crippen molar-refractivity contribution in [2.45, 2.75) is 25.4 Å². The first kappa shape index (κ1) is 12.9. The molecule has 1 amide bonds. The monoisotopic (exact) mass is 231 g/mol. The molecule has 0 spiro atoms. The van der Waals surface area contributed by atoms with Crippen molar-refractivity contribution in [2.75, 3.05) is 26.4 Å². The molecular formula is C10H17NO5. The van der Waals surface area contributed by atoms with Gasteiger partial charge in [0.25, 0.3) is 0 Å². The average Bonchev–Trinajstić information content (AvgIpc) is 2.69. The fourth-order valence-corrected chi connectivity index (χ4v) is 1.51. The minimum absolute atomic E-state index is 0.0416. The van der Waals surface area contributed by atoms with E-state index in [9.17, 15) is 9.59 Å². The van der Waals surface area contributed by atoms with E-state index in [4.69, 9.17) is 14.6 Å². The molecule has 16 heavy (non-hydrogen) atoms. The van der Waals surface area contributed by atoms with Gasteiger partial charge in [0.1, 0.15) is 6.61 Å².